The van der Waals surface area contributed by atoms with Crippen molar-refractivity contribution < 1.29 is 9.59 Å². The second-order valence-corrected chi connectivity index (χ2v) is 4.71. The van der Waals surface area contributed by atoms with E-state index >= 15 is 0 Å². The molecule has 0 N–H and O–H groups in total. The Bertz CT molecular complexity index is 282. The summed E-state index contributed by atoms with van der Waals surface area (Å²) in [5.41, 5.74) is 0. The summed E-state index contributed by atoms with van der Waals surface area (Å²) in [4.78, 5) is 26.9. The topological polar surface area (TPSA) is 40.6 Å². The zero-order valence-corrected chi connectivity index (χ0v) is 9.40. The van der Waals surface area contributed by atoms with Gasteiger partial charge in [-0.1, -0.05) is 12.8 Å². The van der Waals surface area contributed by atoms with Crippen LogP contribution >= 0.6 is 0 Å². The van der Waals surface area contributed by atoms with Crippen LogP contribution in [-0.4, -0.2) is 40.4 Å². The van der Waals surface area contributed by atoms with Crippen molar-refractivity contribution in [2.24, 2.45) is 0 Å². The second kappa shape index (κ2) is 3.83. The van der Waals surface area contributed by atoms with Crippen LogP contribution in [-0.2, 0) is 4.79 Å². The minimum absolute atomic E-state index is 0.0133. The van der Waals surface area contributed by atoms with E-state index in [-0.39, 0.29) is 30.6 Å². The lowest BCUT2D eigenvalue weighted by atomic mass is 10.2. The van der Waals surface area contributed by atoms with Crippen LogP contribution in [0.1, 0.15) is 39.5 Å². The molecule has 0 radical (unpaired) electrons. The van der Waals surface area contributed by atoms with Crippen molar-refractivity contribution >= 4 is 11.9 Å². The number of amides is 3. The molecule has 2 aliphatic rings. The summed E-state index contributed by atoms with van der Waals surface area (Å²) < 4.78 is 0. The minimum Gasteiger partial charge on any atom is -0.313 e. The molecule has 1 heterocycles. The van der Waals surface area contributed by atoms with Gasteiger partial charge in [0.05, 0.1) is 0 Å². The van der Waals surface area contributed by atoms with Crippen LogP contribution < -0.4 is 0 Å². The van der Waals surface area contributed by atoms with Crippen LogP contribution in [0.15, 0.2) is 0 Å². The molecule has 4 nitrogen and oxygen atoms in total. The Morgan fingerprint density at radius 1 is 1.20 bits per heavy atom. The molecule has 84 valence electrons. The van der Waals surface area contributed by atoms with Gasteiger partial charge in [0.1, 0.15) is 6.54 Å². The Morgan fingerprint density at radius 2 is 1.80 bits per heavy atom. The molecule has 1 saturated heterocycles. The fourth-order valence-electron chi connectivity index (χ4n) is 2.46. The molecule has 2 fully saturated rings. The van der Waals surface area contributed by atoms with E-state index in [0.29, 0.717) is 0 Å². The van der Waals surface area contributed by atoms with Gasteiger partial charge >= 0.3 is 6.03 Å². The van der Waals surface area contributed by atoms with E-state index in [2.05, 4.69) is 0 Å². The Morgan fingerprint density at radius 3 is 2.27 bits per heavy atom. The number of hydrogen-bond acceptors (Lipinski definition) is 2. The number of carbonyl (C=O) groups is 2. The third-order valence-electron chi connectivity index (χ3n) is 3.34. The molecule has 0 unspecified atom stereocenters. The largest absolute Gasteiger partial charge is 0.327 e. The van der Waals surface area contributed by atoms with E-state index in [1.54, 1.807) is 4.90 Å². The van der Waals surface area contributed by atoms with Crippen LogP contribution in [0.2, 0.25) is 0 Å². The quantitative estimate of drug-likeness (QED) is 0.649. The Balaban J connectivity index is 2.12. The third kappa shape index (κ3) is 1.73. The maximum absolute atomic E-state index is 12.0. The molecule has 1 saturated carbocycles. The first-order chi connectivity index (χ1) is 7.11. The first kappa shape index (κ1) is 10.5. The molecule has 0 aromatic rings. The monoisotopic (exact) mass is 210 g/mol. The number of nitrogens with zero attached hydrogens (tertiary/aromatic N) is 2. The summed E-state index contributed by atoms with van der Waals surface area (Å²) in [6.45, 7) is 4.17. The number of imide groups is 1. The molecule has 2 rings (SSSR count). The molecule has 1 aliphatic carbocycles. The van der Waals surface area contributed by atoms with Crippen molar-refractivity contribution in [3.63, 3.8) is 0 Å². The Kier molecular flexibility index (Phi) is 2.67. The zero-order valence-electron chi connectivity index (χ0n) is 9.40. The van der Waals surface area contributed by atoms with Crippen LogP contribution in [0.25, 0.3) is 0 Å². The average Bonchev–Trinajstić information content (AvgIpc) is 2.73. The molecule has 4 heteroatoms. The highest BCUT2D eigenvalue weighted by Crippen LogP contribution is 2.27. The lowest BCUT2D eigenvalue weighted by Gasteiger charge is -2.24. The van der Waals surface area contributed by atoms with Gasteiger partial charge in [0, 0.05) is 12.1 Å². The van der Waals surface area contributed by atoms with E-state index in [1.165, 1.54) is 4.90 Å². The summed E-state index contributed by atoms with van der Waals surface area (Å²) in [6.07, 6.45) is 4.26. The predicted octanol–water partition coefficient (Wildman–Crippen LogP) is 1.60. The van der Waals surface area contributed by atoms with E-state index in [0.717, 1.165) is 25.7 Å². The number of hydrogen-bond donors (Lipinski definition) is 0. The summed E-state index contributed by atoms with van der Waals surface area (Å²) in [5.74, 6) is -0.0133. The number of carbonyl (C=O) groups excluding carboxylic acids is 2. The maximum Gasteiger partial charge on any atom is 0.327 e. The average molecular weight is 210 g/mol. The molecule has 3 amide bonds. The fraction of sp³-hybridized carbons (Fsp3) is 0.818. The van der Waals surface area contributed by atoms with Gasteiger partial charge in [-0.2, -0.15) is 0 Å². The lowest BCUT2D eigenvalue weighted by molar-refractivity contribution is -0.126. The number of rotatable bonds is 2. The van der Waals surface area contributed by atoms with Gasteiger partial charge in [0.25, 0.3) is 5.91 Å². The zero-order chi connectivity index (χ0) is 11.0. The normalized spacial score (nSPS) is 23.7. The van der Waals surface area contributed by atoms with Gasteiger partial charge in [0.2, 0.25) is 0 Å². The van der Waals surface area contributed by atoms with Gasteiger partial charge in [-0.05, 0) is 26.7 Å². The van der Waals surface area contributed by atoms with Crippen molar-refractivity contribution in [2.75, 3.05) is 6.54 Å². The molecular formula is C11H18N2O2. The van der Waals surface area contributed by atoms with Crippen LogP contribution in [0.4, 0.5) is 4.79 Å². The summed E-state index contributed by atoms with van der Waals surface area (Å²) in [6, 6.07) is 0.212. The van der Waals surface area contributed by atoms with E-state index in [1.807, 2.05) is 13.8 Å². The molecule has 0 bridgehead atoms. The summed E-state index contributed by atoms with van der Waals surface area (Å²) in [7, 11) is 0. The van der Waals surface area contributed by atoms with Gasteiger partial charge in [-0.15, -0.1) is 0 Å². The van der Waals surface area contributed by atoms with Gasteiger partial charge in [0.15, 0.2) is 0 Å². The molecule has 0 atom stereocenters. The second-order valence-electron chi connectivity index (χ2n) is 4.71. The van der Waals surface area contributed by atoms with Gasteiger partial charge in [-0.3, -0.25) is 9.69 Å². The highest BCUT2D eigenvalue weighted by atomic mass is 16.2. The van der Waals surface area contributed by atoms with Crippen molar-refractivity contribution in [1.82, 2.24) is 9.80 Å². The lowest BCUT2D eigenvalue weighted by Crippen LogP contribution is -2.41. The Hall–Kier alpha value is -1.06. The first-order valence-electron chi connectivity index (χ1n) is 5.74. The maximum atomic E-state index is 12.0. The molecule has 1 aliphatic heterocycles. The van der Waals surface area contributed by atoms with Crippen LogP contribution in [0.3, 0.4) is 0 Å². The summed E-state index contributed by atoms with van der Waals surface area (Å²) >= 11 is 0. The SMILES string of the molecule is CC(C)N1CC(=O)N(C2CCCC2)C1=O. The molecular weight excluding hydrogens is 192 g/mol. The van der Waals surface area contributed by atoms with Gasteiger partial charge < -0.3 is 4.90 Å². The molecule has 15 heavy (non-hydrogen) atoms. The summed E-state index contributed by atoms with van der Waals surface area (Å²) in [5, 5.41) is 0. The molecule has 0 aromatic heterocycles. The minimum atomic E-state index is -0.0816. The van der Waals surface area contributed by atoms with Crippen molar-refractivity contribution in [1.29, 1.82) is 0 Å². The van der Waals surface area contributed by atoms with E-state index in [4.69, 9.17) is 0 Å². The Labute approximate surface area is 90.2 Å². The third-order valence-corrected chi connectivity index (χ3v) is 3.34. The molecule has 0 spiro atoms. The smallest absolute Gasteiger partial charge is 0.313 e. The molecule has 0 aromatic carbocycles. The predicted molar refractivity (Wildman–Crippen MR) is 56.3 cm³/mol. The standard InChI is InChI=1S/C11H18N2O2/c1-8(2)12-7-10(14)13(11(12)15)9-5-3-4-6-9/h8-9H,3-7H2,1-2H3. The highest BCUT2D eigenvalue weighted by Gasteiger charge is 2.41. The number of urea groups is 1. The fourth-order valence-corrected chi connectivity index (χ4v) is 2.46. The van der Waals surface area contributed by atoms with Crippen molar-refractivity contribution in [2.45, 2.75) is 51.6 Å². The van der Waals surface area contributed by atoms with Gasteiger partial charge in [-0.25, -0.2) is 4.79 Å². The first-order valence-corrected chi connectivity index (χ1v) is 5.74. The van der Waals surface area contributed by atoms with Crippen LogP contribution in [0.5, 0.6) is 0 Å². The van der Waals surface area contributed by atoms with E-state index in [9.17, 15) is 9.59 Å². The highest BCUT2D eigenvalue weighted by molar-refractivity contribution is 6.02. The van der Waals surface area contributed by atoms with Crippen LogP contribution in [0, 0.1) is 0 Å². The van der Waals surface area contributed by atoms with Crippen molar-refractivity contribution in [3.05, 3.63) is 0 Å². The van der Waals surface area contributed by atoms with E-state index < -0.39 is 0 Å². The van der Waals surface area contributed by atoms with Crippen molar-refractivity contribution in [3.8, 4) is 0 Å².